The van der Waals surface area contributed by atoms with E-state index in [1.54, 1.807) is 13.2 Å². The normalized spacial score (nSPS) is 24.3. The predicted molar refractivity (Wildman–Crippen MR) is 99.0 cm³/mol. The quantitative estimate of drug-likeness (QED) is 0.588. The number of carbonyl (C=O) groups excluding carboxylic acids is 2. The van der Waals surface area contributed by atoms with E-state index >= 15 is 0 Å². The standard InChI is InChI=1S/C20H26N2O5/c1-26-15-4-2-3-13(9-15)11-21-19(24)10-16-7-8-17(18(12-23)27-16)22-20(25)14-5-6-14/h2-4,7-9,14,16-18,23H,5-6,10-12H2,1H3,(H,21,24)(H,22,25)/t16-,17-,18-/m0/s1. The molecule has 146 valence electrons. The van der Waals surface area contributed by atoms with Crippen LogP contribution < -0.4 is 15.4 Å². The maximum absolute atomic E-state index is 12.2. The highest BCUT2D eigenvalue weighted by atomic mass is 16.5. The lowest BCUT2D eigenvalue weighted by molar-refractivity contribution is -0.128. The van der Waals surface area contributed by atoms with Crippen LogP contribution in [0, 0.1) is 5.92 Å². The zero-order valence-corrected chi connectivity index (χ0v) is 15.4. The number of benzene rings is 1. The minimum Gasteiger partial charge on any atom is -0.497 e. The van der Waals surface area contributed by atoms with Crippen LogP contribution in [0.25, 0.3) is 0 Å². The summed E-state index contributed by atoms with van der Waals surface area (Å²) >= 11 is 0. The zero-order valence-electron chi connectivity index (χ0n) is 15.4. The predicted octanol–water partition coefficient (Wildman–Crippen LogP) is 0.912. The number of hydrogen-bond acceptors (Lipinski definition) is 5. The number of nitrogens with one attached hydrogen (secondary N) is 2. The number of aliphatic hydroxyl groups is 1. The van der Waals surface area contributed by atoms with Crippen molar-refractivity contribution in [1.82, 2.24) is 10.6 Å². The Morgan fingerprint density at radius 2 is 2.11 bits per heavy atom. The number of carbonyl (C=O) groups is 2. The van der Waals surface area contributed by atoms with E-state index in [-0.39, 0.29) is 36.8 Å². The van der Waals surface area contributed by atoms with Crippen LogP contribution in [-0.2, 0) is 20.9 Å². The smallest absolute Gasteiger partial charge is 0.223 e. The van der Waals surface area contributed by atoms with Gasteiger partial charge in [0.15, 0.2) is 0 Å². The number of hydrogen-bond donors (Lipinski definition) is 3. The molecule has 3 rings (SSSR count). The minimum atomic E-state index is -0.547. The zero-order chi connectivity index (χ0) is 19.2. The van der Waals surface area contributed by atoms with Crippen molar-refractivity contribution in [3.63, 3.8) is 0 Å². The summed E-state index contributed by atoms with van der Waals surface area (Å²) in [5.41, 5.74) is 0.943. The van der Waals surface area contributed by atoms with E-state index in [0.29, 0.717) is 6.54 Å². The van der Waals surface area contributed by atoms with Gasteiger partial charge in [-0.3, -0.25) is 9.59 Å². The molecule has 1 aliphatic heterocycles. The van der Waals surface area contributed by atoms with Crippen molar-refractivity contribution in [2.45, 2.75) is 44.1 Å². The number of aliphatic hydroxyl groups excluding tert-OH is 1. The Labute approximate surface area is 158 Å². The van der Waals surface area contributed by atoms with Crippen LogP contribution in [0.4, 0.5) is 0 Å². The Bertz CT molecular complexity index is 701. The lowest BCUT2D eigenvalue weighted by Gasteiger charge is -2.31. The molecular formula is C20H26N2O5. The van der Waals surface area contributed by atoms with Crippen LogP contribution in [0.15, 0.2) is 36.4 Å². The van der Waals surface area contributed by atoms with E-state index in [1.807, 2.05) is 30.3 Å². The van der Waals surface area contributed by atoms with Gasteiger partial charge in [-0.15, -0.1) is 0 Å². The van der Waals surface area contributed by atoms with Gasteiger partial charge in [-0.2, -0.15) is 0 Å². The van der Waals surface area contributed by atoms with E-state index in [4.69, 9.17) is 9.47 Å². The highest BCUT2D eigenvalue weighted by Gasteiger charge is 2.34. The number of amides is 2. The third-order valence-corrected chi connectivity index (χ3v) is 4.73. The largest absolute Gasteiger partial charge is 0.497 e. The lowest BCUT2D eigenvalue weighted by Crippen LogP contribution is -2.49. The Morgan fingerprint density at radius 1 is 1.30 bits per heavy atom. The summed E-state index contributed by atoms with van der Waals surface area (Å²) in [6.07, 6.45) is 4.60. The third kappa shape index (κ3) is 5.55. The first kappa shape index (κ1) is 19.4. The molecule has 3 N–H and O–H groups in total. The molecule has 0 saturated heterocycles. The van der Waals surface area contributed by atoms with Gasteiger partial charge in [0.2, 0.25) is 11.8 Å². The van der Waals surface area contributed by atoms with Gasteiger partial charge in [0.05, 0.1) is 32.3 Å². The van der Waals surface area contributed by atoms with E-state index < -0.39 is 12.2 Å². The maximum Gasteiger partial charge on any atom is 0.223 e. The molecule has 1 saturated carbocycles. The molecule has 0 spiro atoms. The molecule has 0 radical (unpaired) electrons. The van der Waals surface area contributed by atoms with Gasteiger partial charge < -0.3 is 25.2 Å². The fraction of sp³-hybridized carbons (Fsp3) is 0.500. The van der Waals surface area contributed by atoms with Crippen LogP contribution in [-0.4, -0.2) is 48.9 Å². The molecule has 3 atom stereocenters. The van der Waals surface area contributed by atoms with E-state index in [1.165, 1.54) is 0 Å². The highest BCUT2D eigenvalue weighted by Crippen LogP contribution is 2.29. The van der Waals surface area contributed by atoms with Gasteiger partial charge in [-0.1, -0.05) is 24.3 Å². The Hall–Kier alpha value is -2.38. The molecule has 1 aliphatic carbocycles. The lowest BCUT2D eigenvalue weighted by atomic mass is 10.0. The summed E-state index contributed by atoms with van der Waals surface area (Å²) in [5.74, 6) is 0.689. The first-order valence-electron chi connectivity index (χ1n) is 9.23. The van der Waals surface area contributed by atoms with Gasteiger partial charge >= 0.3 is 0 Å². The first-order valence-corrected chi connectivity index (χ1v) is 9.23. The van der Waals surface area contributed by atoms with E-state index in [0.717, 1.165) is 24.2 Å². The Balaban J connectivity index is 1.48. The maximum atomic E-state index is 12.2. The van der Waals surface area contributed by atoms with E-state index in [9.17, 15) is 14.7 Å². The van der Waals surface area contributed by atoms with Crippen molar-refractivity contribution >= 4 is 11.8 Å². The number of ether oxygens (including phenoxy) is 2. The average Bonchev–Trinajstić information content (AvgIpc) is 3.53. The second-order valence-electron chi connectivity index (χ2n) is 6.92. The minimum absolute atomic E-state index is 0.00109. The van der Waals surface area contributed by atoms with Crippen molar-refractivity contribution < 1.29 is 24.2 Å². The molecule has 7 heteroatoms. The molecule has 27 heavy (non-hydrogen) atoms. The van der Waals surface area contributed by atoms with Crippen LogP contribution in [0.1, 0.15) is 24.8 Å². The molecule has 0 aromatic heterocycles. The number of rotatable bonds is 8. The molecule has 1 aromatic carbocycles. The molecule has 1 heterocycles. The van der Waals surface area contributed by atoms with Crippen molar-refractivity contribution in [3.8, 4) is 5.75 Å². The fourth-order valence-corrected chi connectivity index (χ4v) is 3.00. The molecule has 7 nitrogen and oxygen atoms in total. The van der Waals surface area contributed by atoms with Crippen LogP contribution in [0.3, 0.4) is 0 Å². The third-order valence-electron chi connectivity index (χ3n) is 4.73. The molecule has 0 bridgehead atoms. The summed E-state index contributed by atoms with van der Waals surface area (Å²) in [6.45, 7) is 0.178. The molecule has 2 amide bonds. The Morgan fingerprint density at radius 3 is 2.81 bits per heavy atom. The summed E-state index contributed by atoms with van der Waals surface area (Å²) < 4.78 is 10.9. The summed E-state index contributed by atoms with van der Waals surface area (Å²) in [6, 6.07) is 7.13. The van der Waals surface area contributed by atoms with Crippen LogP contribution in [0.2, 0.25) is 0 Å². The van der Waals surface area contributed by atoms with Gasteiger partial charge in [0.25, 0.3) is 0 Å². The second-order valence-corrected chi connectivity index (χ2v) is 6.92. The first-order chi connectivity index (χ1) is 13.1. The molecular weight excluding hydrogens is 348 g/mol. The van der Waals surface area contributed by atoms with Gasteiger partial charge in [0.1, 0.15) is 11.9 Å². The Kier molecular flexibility index (Phi) is 6.47. The summed E-state index contributed by atoms with van der Waals surface area (Å²) in [4.78, 5) is 24.1. The molecule has 2 aliphatic rings. The van der Waals surface area contributed by atoms with Crippen molar-refractivity contribution in [2.24, 2.45) is 5.92 Å². The van der Waals surface area contributed by atoms with Gasteiger partial charge in [-0.05, 0) is 30.5 Å². The average molecular weight is 374 g/mol. The monoisotopic (exact) mass is 374 g/mol. The molecule has 1 fully saturated rings. The number of methoxy groups -OCH3 is 1. The van der Waals surface area contributed by atoms with Crippen molar-refractivity contribution in [2.75, 3.05) is 13.7 Å². The van der Waals surface area contributed by atoms with Gasteiger partial charge in [-0.25, -0.2) is 0 Å². The second kappa shape index (κ2) is 9.01. The van der Waals surface area contributed by atoms with E-state index in [2.05, 4.69) is 10.6 Å². The van der Waals surface area contributed by atoms with Crippen molar-refractivity contribution in [3.05, 3.63) is 42.0 Å². The van der Waals surface area contributed by atoms with Crippen LogP contribution in [0.5, 0.6) is 5.75 Å². The molecule has 0 unspecified atom stereocenters. The molecule has 1 aromatic rings. The SMILES string of the molecule is COc1cccc(CNC(=O)C[C@@H]2C=C[C@H](NC(=O)C3CC3)[C@H](CO)O2)c1. The fourth-order valence-electron chi connectivity index (χ4n) is 3.00. The highest BCUT2D eigenvalue weighted by molar-refractivity contribution is 5.81. The van der Waals surface area contributed by atoms with Crippen molar-refractivity contribution in [1.29, 1.82) is 0 Å². The summed E-state index contributed by atoms with van der Waals surface area (Å²) in [7, 11) is 1.60. The van der Waals surface area contributed by atoms with Gasteiger partial charge in [0, 0.05) is 12.5 Å². The topological polar surface area (TPSA) is 96.9 Å². The van der Waals surface area contributed by atoms with Crippen LogP contribution >= 0.6 is 0 Å². The summed E-state index contributed by atoms with van der Waals surface area (Å²) in [5, 5.41) is 15.3.